The average molecular weight is 193 g/mol. The van der Waals surface area contributed by atoms with Gasteiger partial charge < -0.3 is 5.32 Å². The molecule has 0 atom stereocenters. The fourth-order valence-corrected chi connectivity index (χ4v) is 1.99. The number of rotatable bonds is 3. The summed E-state index contributed by atoms with van der Waals surface area (Å²) < 4.78 is 1.20. The van der Waals surface area contributed by atoms with Crippen molar-refractivity contribution in [1.29, 1.82) is 0 Å². The standard InChI is InChI=1S/C9H11N3S/c1-2-10-5-8-9-7(3-4-11-8)12-6-13-9/h3-4,6,10H,2,5H2,1H3. The van der Waals surface area contributed by atoms with Gasteiger partial charge in [0.05, 0.1) is 21.4 Å². The minimum atomic E-state index is 0.829. The molecule has 2 heterocycles. The quantitative estimate of drug-likeness (QED) is 0.807. The van der Waals surface area contributed by atoms with Gasteiger partial charge in [-0.25, -0.2) is 4.98 Å². The molecule has 2 aromatic rings. The lowest BCUT2D eigenvalue weighted by Gasteiger charge is -2.00. The lowest BCUT2D eigenvalue weighted by atomic mass is 10.3. The molecule has 0 bridgehead atoms. The number of thiazole rings is 1. The number of aromatic nitrogens is 2. The molecule has 0 saturated carbocycles. The van der Waals surface area contributed by atoms with Gasteiger partial charge in [0.1, 0.15) is 0 Å². The Bertz CT molecular complexity index is 396. The Morgan fingerprint density at radius 1 is 1.46 bits per heavy atom. The first-order valence-corrected chi connectivity index (χ1v) is 5.17. The van der Waals surface area contributed by atoms with Crippen molar-refractivity contribution < 1.29 is 0 Å². The Morgan fingerprint density at radius 3 is 3.23 bits per heavy atom. The van der Waals surface area contributed by atoms with E-state index in [-0.39, 0.29) is 0 Å². The van der Waals surface area contributed by atoms with E-state index in [1.165, 1.54) is 4.70 Å². The monoisotopic (exact) mass is 193 g/mol. The molecule has 0 saturated heterocycles. The molecule has 0 fully saturated rings. The summed E-state index contributed by atoms with van der Waals surface area (Å²) in [6.45, 7) is 3.89. The molecule has 0 spiro atoms. The zero-order chi connectivity index (χ0) is 9.10. The van der Waals surface area contributed by atoms with Gasteiger partial charge in [0.15, 0.2) is 0 Å². The van der Waals surface area contributed by atoms with Gasteiger partial charge in [-0.3, -0.25) is 4.98 Å². The largest absolute Gasteiger partial charge is 0.311 e. The molecule has 2 aromatic heterocycles. The average Bonchev–Trinajstić information content (AvgIpc) is 2.62. The minimum absolute atomic E-state index is 0.829. The Morgan fingerprint density at radius 2 is 2.38 bits per heavy atom. The lowest BCUT2D eigenvalue weighted by molar-refractivity contribution is 0.716. The van der Waals surface area contributed by atoms with Gasteiger partial charge in [-0.1, -0.05) is 6.92 Å². The Balaban J connectivity index is 2.37. The molecule has 0 unspecified atom stereocenters. The van der Waals surface area contributed by atoms with Gasteiger partial charge in [-0.15, -0.1) is 11.3 Å². The van der Waals surface area contributed by atoms with Crippen LogP contribution in [0.25, 0.3) is 10.2 Å². The fraction of sp³-hybridized carbons (Fsp3) is 0.333. The summed E-state index contributed by atoms with van der Waals surface area (Å²) >= 11 is 1.65. The molecule has 1 N–H and O–H groups in total. The predicted octanol–water partition coefficient (Wildman–Crippen LogP) is 1.80. The van der Waals surface area contributed by atoms with Crippen LogP contribution in [0.4, 0.5) is 0 Å². The Hall–Kier alpha value is -1.000. The molecule has 0 aliphatic heterocycles. The van der Waals surface area contributed by atoms with Crippen LogP contribution in [-0.4, -0.2) is 16.5 Å². The van der Waals surface area contributed by atoms with E-state index in [9.17, 15) is 0 Å². The van der Waals surface area contributed by atoms with Gasteiger partial charge in [0, 0.05) is 12.7 Å². The van der Waals surface area contributed by atoms with Crippen molar-refractivity contribution in [3.63, 3.8) is 0 Å². The van der Waals surface area contributed by atoms with E-state index in [0.717, 1.165) is 24.3 Å². The van der Waals surface area contributed by atoms with Gasteiger partial charge in [-0.05, 0) is 12.6 Å². The van der Waals surface area contributed by atoms with Crippen LogP contribution in [0.5, 0.6) is 0 Å². The third-order valence-electron chi connectivity index (χ3n) is 1.86. The van der Waals surface area contributed by atoms with Crippen LogP contribution in [0.15, 0.2) is 17.8 Å². The number of fused-ring (bicyclic) bond motifs is 1. The number of hydrogen-bond donors (Lipinski definition) is 1. The first-order valence-electron chi connectivity index (χ1n) is 4.29. The molecule has 2 rings (SSSR count). The molecular formula is C9H11N3S. The topological polar surface area (TPSA) is 37.8 Å². The van der Waals surface area contributed by atoms with Crippen LogP contribution in [-0.2, 0) is 6.54 Å². The zero-order valence-electron chi connectivity index (χ0n) is 7.45. The highest BCUT2D eigenvalue weighted by Gasteiger charge is 2.02. The van der Waals surface area contributed by atoms with Crippen LogP contribution < -0.4 is 5.32 Å². The normalized spacial score (nSPS) is 10.8. The highest BCUT2D eigenvalue weighted by atomic mass is 32.1. The highest BCUT2D eigenvalue weighted by molar-refractivity contribution is 7.16. The van der Waals surface area contributed by atoms with Gasteiger partial charge >= 0.3 is 0 Å². The maximum absolute atomic E-state index is 4.32. The van der Waals surface area contributed by atoms with Gasteiger partial charge in [-0.2, -0.15) is 0 Å². The Kier molecular flexibility index (Phi) is 2.52. The molecule has 4 heteroatoms. The molecule has 0 amide bonds. The zero-order valence-corrected chi connectivity index (χ0v) is 8.27. The second kappa shape index (κ2) is 3.81. The van der Waals surface area contributed by atoms with E-state index in [1.807, 2.05) is 17.8 Å². The molecular weight excluding hydrogens is 182 g/mol. The van der Waals surface area contributed by atoms with Crippen molar-refractivity contribution in [1.82, 2.24) is 15.3 Å². The van der Waals surface area contributed by atoms with Crippen LogP contribution in [0.1, 0.15) is 12.6 Å². The molecule has 3 nitrogen and oxygen atoms in total. The molecule has 13 heavy (non-hydrogen) atoms. The molecule has 0 aromatic carbocycles. The van der Waals surface area contributed by atoms with E-state index in [2.05, 4.69) is 22.2 Å². The molecule has 0 radical (unpaired) electrons. The maximum atomic E-state index is 4.32. The van der Waals surface area contributed by atoms with E-state index >= 15 is 0 Å². The number of nitrogens with zero attached hydrogens (tertiary/aromatic N) is 2. The van der Waals surface area contributed by atoms with E-state index in [1.54, 1.807) is 11.3 Å². The van der Waals surface area contributed by atoms with Crippen LogP contribution in [0, 0.1) is 0 Å². The van der Waals surface area contributed by atoms with E-state index < -0.39 is 0 Å². The number of hydrogen-bond acceptors (Lipinski definition) is 4. The first kappa shape index (κ1) is 8.59. The molecule has 68 valence electrons. The number of nitrogens with one attached hydrogen (secondary N) is 1. The number of pyridine rings is 1. The predicted molar refractivity (Wildman–Crippen MR) is 54.8 cm³/mol. The second-order valence-corrected chi connectivity index (χ2v) is 3.59. The summed E-state index contributed by atoms with van der Waals surface area (Å²) in [6.07, 6.45) is 1.81. The summed E-state index contributed by atoms with van der Waals surface area (Å²) in [5.74, 6) is 0. The van der Waals surface area contributed by atoms with Crippen molar-refractivity contribution in [2.45, 2.75) is 13.5 Å². The summed E-state index contributed by atoms with van der Waals surface area (Å²) in [5.41, 5.74) is 4.01. The van der Waals surface area contributed by atoms with Crippen LogP contribution in [0.2, 0.25) is 0 Å². The van der Waals surface area contributed by atoms with Crippen molar-refractivity contribution >= 4 is 21.6 Å². The van der Waals surface area contributed by atoms with Gasteiger partial charge in [0.2, 0.25) is 0 Å². The molecule has 0 aliphatic rings. The molecule has 0 aliphatic carbocycles. The van der Waals surface area contributed by atoms with E-state index in [4.69, 9.17) is 0 Å². The second-order valence-electron chi connectivity index (χ2n) is 2.74. The Labute approximate surface area is 80.8 Å². The maximum Gasteiger partial charge on any atom is 0.0846 e. The van der Waals surface area contributed by atoms with E-state index in [0.29, 0.717) is 0 Å². The van der Waals surface area contributed by atoms with Crippen molar-refractivity contribution in [3.8, 4) is 0 Å². The smallest absolute Gasteiger partial charge is 0.0846 e. The first-order chi connectivity index (χ1) is 6.42. The van der Waals surface area contributed by atoms with Crippen molar-refractivity contribution in [2.24, 2.45) is 0 Å². The SMILES string of the molecule is CCNCc1nccc2ncsc12. The third kappa shape index (κ3) is 1.68. The summed E-state index contributed by atoms with van der Waals surface area (Å²) in [5, 5.41) is 3.26. The summed E-state index contributed by atoms with van der Waals surface area (Å²) in [7, 11) is 0. The van der Waals surface area contributed by atoms with Crippen molar-refractivity contribution in [3.05, 3.63) is 23.5 Å². The van der Waals surface area contributed by atoms with Crippen LogP contribution >= 0.6 is 11.3 Å². The van der Waals surface area contributed by atoms with Crippen LogP contribution in [0.3, 0.4) is 0 Å². The van der Waals surface area contributed by atoms with Gasteiger partial charge in [0.25, 0.3) is 0 Å². The summed E-state index contributed by atoms with van der Waals surface area (Å²) in [4.78, 5) is 8.56. The minimum Gasteiger partial charge on any atom is -0.311 e. The lowest BCUT2D eigenvalue weighted by Crippen LogP contribution is -2.12. The summed E-state index contributed by atoms with van der Waals surface area (Å²) in [6, 6.07) is 1.95. The third-order valence-corrected chi connectivity index (χ3v) is 2.75. The van der Waals surface area contributed by atoms with Crippen molar-refractivity contribution in [2.75, 3.05) is 6.54 Å². The fourth-order valence-electron chi connectivity index (χ4n) is 1.22. The highest BCUT2D eigenvalue weighted by Crippen LogP contribution is 2.19.